The molecule has 0 radical (unpaired) electrons. The molecule has 0 aliphatic carbocycles. The maximum Gasteiger partial charge on any atom is 0.251 e. The Bertz CT molecular complexity index is 369. The lowest BCUT2D eigenvalue weighted by molar-refractivity contribution is 0.0956. The second-order valence-corrected chi connectivity index (χ2v) is 3.66. The summed E-state index contributed by atoms with van der Waals surface area (Å²) in [4.78, 5) is 11.6. The molecule has 0 heterocycles. The van der Waals surface area contributed by atoms with Crippen molar-refractivity contribution in [3.63, 3.8) is 0 Å². The van der Waals surface area contributed by atoms with Gasteiger partial charge in [0.15, 0.2) is 0 Å². The largest absolute Gasteiger partial charge is 0.394 e. The number of carbonyl (C=O) groups excluding carboxylic acids is 1. The van der Waals surface area contributed by atoms with Gasteiger partial charge in [-0.25, -0.2) is 0 Å². The van der Waals surface area contributed by atoms with Crippen molar-refractivity contribution in [1.82, 2.24) is 5.32 Å². The minimum absolute atomic E-state index is 0.126. The van der Waals surface area contributed by atoms with Gasteiger partial charge >= 0.3 is 0 Å². The Hall–Kier alpha value is -1.59. The fourth-order valence-electron chi connectivity index (χ4n) is 1.33. The Kier molecular flexibility index (Phi) is 5.45. The Morgan fingerprint density at radius 3 is 2.88 bits per heavy atom. The molecule has 1 rings (SSSR count). The number of hydrogen-bond donors (Lipinski definition) is 4. The van der Waals surface area contributed by atoms with Crippen LogP contribution in [-0.4, -0.2) is 41.9 Å². The Labute approximate surface area is 100 Å². The zero-order chi connectivity index (χ0) is 12.7. The fourth-order valence-corrected chi connectivity index (χ4v) is 1.33. The molecule has 0 aromatic heterocycles. The van der Waals surface area contributed by atoms with E-state index >= 15 is 0 Å². The molecule has 1 unspecified atom stereocenters. The number of nitrogens with one attached hydrogen (secondary N) is 2. The van der Waals surface area contributed by atoms with E-state index in [4.69, 9.17) is 5.11 Å². The molecule has 1 aromatic rings. The van der Waals surface area contributed by atoms with Crippen LogP contribution in [0.4, 0.5) is 5.69 Å². The summed E-state index contributed by atoms with van der Waals surface area (Å²) < 4.78 is 0. The van der Waals surface area contributed by atoms with Gasteiger partial charge < -0.3 is 20.8 Å². The van der Waals surface area contributed by atoms with Crippen LogP contribution in [0.2, 0.25) is 0 Å². The van der Waals surface area contributed by atoms with Crippen molar-refractivity contribution in [3.05, 3.63) is 29.8 Å². The maximum atomic E-state index is 11.6. The van der Waals surface area contributed by atoms with E-state index in [1.807, 2.05) is 6.92 Å². The number of carbonyl (C=O) groups is 1. The smallest absolute Gasteiger partial charge is 0.251 e. The minimum Gasteiger partial charge on any atom is -0.394 e. The third kappa shape index (κ3) is 4.42. The first-order chi connectivity index (χ1) is 8.17. The van der Waals surface area contributed by atoms with Crippen LogP contribution >= 0.6 is 0 Å². The summed E-state index contributed by atoms with van der Waals surface area (Å²) in [5.41, 5.74) is 1.30. The van der Waals surface area contributed by atoms with Gasteiger partial charge in [0.1, 0.15) is 0 Å². The number of anilines is 1. The first-order valence-electron chi connectivity index (χ1n) is 5.58. The first-order valence-corrected chi connectivity index (χ1v) is 5.58. The number of hydrogen-bond acceptors (Lipinski definition) is 4. The molecule has 1 aromatic carbocycles. The van der Waals surface area contributed by atoms with Crippen LogP contribution in [0.25, 0.3) is 0 Å². The summed E-state index contributed by atoms with van der Waals surface area (Å²) in [5, 5.41) is 23.5. The van der Waals surface area contributed by atoms with E-state index in [0.717, 1.165) is 5.69 Å². The normalized spacial score (nSPS) is 11.9. The van der Waals surface area contributed by atoms with Crippen LogP contribution in [0.3, 0.4) is 0 Å². The highest BCUT2D eigenvalue weighted by Gasteiger charge is 2.05. The molecular weight excluding hydrogens is 220 g/mol. The maximum absolute atomic E-state index is 11.6. The molecule has 0 spiro atoms. The summed E-state index contributed by atoms with van der Waals surface area (Å²) in [5.74, 6) is -0.126. The van der Waals surface area contributed by atoms with Gasteiger partial charge in [0.25, 0.3) is 5.91 Å². The van der Waals surface area contributed by atoms with Crippen molar-refractivity contribution >= 4 is 11.6 Å². The molecule has 4 N–H and O–H groups in total. The molecule has 5 nitrogen and oxygen atoms in total. The van der Waals surface area contributed by atoms with E-state index in [1.165, 1.54) is 0 Å². The minimum atomic E-state index is -0.803. The average Bonchev–Trinajstić information content (AvgIpc) is 2.36. The summed E-state index contributed by atoms with van der Waals surface area (Å²) in [6.07, 6.45) is -0.803. The Balaban J connectivity index is 2.62. The predicted molar refractivity (Wildman–Crippen MR) is 66.0 cm³/mol. The van der Waals surface area contributed by atoms with E-state index < -0.39 is 6.10 Å². The molecule has 0 saturated heterocycles. The van der Waals surface area contributed by atoms with Crippen molar-refractivity contribution in [3.8, 4) is 0 Å². The SMILES string of the molecule is CCNC(=O)c1cccc(NCC(O)CO)c1. The second-order valence-electron chi connectivity index (χ2n) is 3.66. The number of amides is 1. The number of benzene rings is 1. The van der Waals surface area contributed by atoms with Crippen LogP contribution in [0.1, 0.15) is 17.3 Å². The molecule has 17 heavy (non-hydrogen) atoms. The molecule has 1 amide bonds. The third-order valence-electron chi connectivity index (χ3n) is 2.21. The van der Waals surface area contributed by atoms with Gasteiger partial charge in [-0.15, -0.1) is 0 Å². The van der Waals surface area contributed by atoms with Crippen LogP contribution in [-0.2, 0) is 0 Å². The van der Waals surface area contributed by atoms with Gasteiger partial charge in [0.2, 0.25) is 0 Å². The Morgan fingerprint density at radius 2 is 2.24 bits per heavy atom. The summed E-state index contributed by atoms with van der Waals surface area (Å²) in [6.45, 7) is 2.40. The summed E-state index contributed by atoms with van der Waals surface area (Å²) in [6, 6.07) is 6.98. The van der Waals surface area contributed by atoms with Crippen molar-refractivity contribution in [1.29, 1.82) is 0 Å². The molecule has 1 atom stereocenters. The summed E-state index contributed by atoms with van der Waals surface area (Å²) in [7, 11) is 0. The zero-order valence-electron chi connectivity index (χ0n) is 9.81. The topological polar surface area (TPSA) is 81.6 Å². The van der Waals surface area contributed by atoms with Crippen LogP contribution in [0.15, 0.2) is 24.3 Å². The molecule has 94 valence electrons. The predicted octanol–water partition coefficient (Wildman–Crippen LogP) is 0.201. The quantitative estimate of drug-likeness (QED) is 0.571. The van der Waals surface area contributed by atoms with E-state index in [2.05, 4.69) is 10.6 Å². The second kappa shape index (κ2) is 6.88. The number of aliphatic hydroxyl groups excluding tert-OH is 2. The van der Waals surface area contributed by atoms with Crippen molar-refractivity contribution in [2.75, 3.05) is 25.0 Å². The van der Waals surface area contributed by atoms with Crippen molar-refractivity contribution < 1.29 is 15.0 Å². The lowest BCUT2D eigenvalue weighted by atomic mass is 10.2. The standard InChI is InChI=1S/C12H18N2O3/c1-2-13-12(17)9-4-3-5-10(6-9)14-7-11(16)8-15/h3-6,11,14-16H,2,7-8H2,1H3,(H,13,17). The monoisotopic (exact) mass is 238 g/mol. The van der Waals surface area contributed by atoms with E-state index in [0.29, 0.717) is 12.1 Å². The lowest BCUT2D eigenvalue weighted by Crippen LogP contribution is -2.24. The molecule has 0 aliphatic heterocycles. The highest BCUT2D eigenvalue weighted by Crippen LogP contribution is 2.10. The van der Waals surface area contributed by atoms with Crippen molar-refractivity contribution in [2.24, 2.45) is 0 Å². The molecule has 0 fully saturated rings. The number of aliphatic hydroxyl groups is 2. The van der Waals surface area contributed by atoms with Gasteiger partial charge in [-0.2, -0.15) is 0 Å². The lowest BCUT2D eigenvalue weighted by Gasteiger charge is -2.11. The molecule has 0 saturated carbocycles. The van der Waals surface area contributed by atoms with Crippen molar-refractivity contribution in [2.45, 2.75) is 13.0 Å². The Morgan fingerprint density at radius 1 is 1.47 bits per heavy atom. The molecule has 0 aliphatic rings. The third-order valence-corrected chi connectivity index (χ3v) is 2.21. The van der Waals surface area contributed by atoms with Gasteiger partial charge in [-0.05, 0) is 25.1 Å². The number of rotatable bonds is 6. The molecule has 0 bridgehead atoms. The zero-order valence-corrected chi connectivity index (χ0v) is 9.81. The molecular formula is C12H18N2O3. The van der Waals surface area contributed by atoms with Gasteiger partial charge in [0, 0.05) is 24.3 Å². The summed E-state index contributed by atoms with van der Waals surface area (Å²) >= 11 is 0. The van der Waals surface area contributed by atoms with E-state index in [1.54, 1.807) is 24.3 Å². The first kappa shape index (κ1) is 13.5. The highest BCUT2D eigenvalue weighted by atomic mass is 16.3. The highest BCUT2D eigenvalue weighted by molar-refractivity contribution is 5.95. The average molecular weight is 238 g/mol. The van der Waals surface area contributed by atoms with Crippen LogP contribution < -0.4 is 10.6 Å². The van der Waals surface area contributed by atoms with Crippen LogP contribution in [0, 0.1) is 0 Å². The fraction of sp³-hybridized carbons (Fsp3) is 0.417. The molecule has 5 heteroatoms. The van der Waals surface area contributed by atoms with Gasteiger partial charge in [-0.3, -0.25) is 4.79 Å². The van der Waals surface area contributed by atoms with Crippen LogP contribution in [0.5, 0.6) is 0 Å². The van der Waals surface area contributed by atoms with Gasteiger partial charge in [-0.1, -0.05) is 6.07 Å². The van der Waals surface area contributed by atoms with E-state index in [9.17, 15) is 9.90 Å². The van der Waals surface area contributed by atoms with E-state index in [-0.39, 0.29) is 19.1 Å². The van der Waals surface area contributed by atoms with Gasteiger partial charge in [0.05, 0.1) is 12.7 Å².